The SMILES string of the molecule is COC(C)(CN)c1ccc(C(F)(F)F)c(Cl)c1. The van der Waals surface area contributed by atoms with Gasteiger partial charge in [0.2, 0.25) is 0 Å². The van der Waals surface area contributed by atoms with Crippen molar-refractivity contribution >= 4 is 11.6 Å². The average Bonchev–Trinajstić information content (AvgIpc) is 2.26. The Hall–Kier alpha value is -0.780. The summed E-state index contributed by atoms with van der Waals surface area (Å²) in [6, 6.07) is 3.50. The van der Waals surface area contributed by atoms with Crippen molar-refractivity contribution in [3.05, 3.63) is 34.3 Å². The largest absolute Gasteiger partial charge is 0.417 e. The first-order chi connectivity index (χ1) is 7.74. The molecular formula is C11H13ClF3NO. The van der Waals surface area contributed by atoms with E-state index in [1.54, 1.807) is 6.92 Å². The molecule has 1 aromatic carbocycles. The zero-order valence-electron chi connectivity index (χ0n) is 9.44. The van der Waals surface area contributed by atoms with E-state index in [0.717, 1.165) is 6.07 Å². The molecule has 0 bridgehead atoms. The van der Waals surface area contributed by atoms with Gasteiger partial charge in [-0.3, -0.25) is 0 Å². The third-order valence-electron chi connectivity index (χ3n) is 2.73. The van der Waals surface area contributed by atoms with Crippen molar-refractivity contribution in [1.29, 1.82) is 0 Å². The van der Waals surface area contributed by atoms with Crippen molar-refractivity contribution in [2.45, 2.75) is 18.7 Å². The molecular weight excluding hydrogens is 255 g/mol. The average molecular weight is 268 g/mol. The van der Waals surface area contributed by atoms with E-state index in [9.17, 15) is 13.2 Å². The van der Waals surface area contributed by atoms with Crippen molar-refractivity contribution in [2.75, 3.05) is 13.7 Å². The Balaban J connectivity index is 3.22. The van der Waals surface area contributed by atoms with Crippen LogP contribution in [0, 0.1) is 0 Å². The van der Waals surface area contributed by atoms with Gasteiger partial charge >= 0.3 is 6.18 Å². The number of benzene rings is 1. The van der Waals surface area contributed by atoms with E-state index >= 15 is 0 Å². The molecule has 0 saturated carbocycles. The number of alkyl halides is 3. The molecule has 1 atom stereocenters. The molecule has 17 heavy (non-hydrogen) atoms. The minimum absolute atomic E-state index is 0.144. The van der Waals surface area contributed by atoms with Crippen LogP contribution in [0.15, 0.2) is 18.2 Å². The highest BCUT2D eigenvalue weighted by molar-refractivity contribution is 6.31. The molecule has 2 nitrogen and oxygen atoms in total. The number of nitrogens with two attached hydrogens (primary N) is 1. The first-order valence-corrected chi connectivity index (χ1v) is 5.25. The van der Waals surface area contributed by atoms with Crippen molar-refractivity contribution in [3.8, 4) is 0 Å². The van der Waals surface area contributed by atoms with Crippen LogP contribution in [0.2, 0.25) is 5.02 Å². The van der Waals surface area contributed by atoms with Crippen LogP contribution in [-0.2, 0) is 16.5 Å². The highest BCUT2D eigenvalue weighted by Gasteiger charge is 2.34. The molecule has 1 aromatic rings. The van der Waals surface area contributed by atoms with Crippen LogP contribution in [0.4, 0.5) is 13.2 Å². The van der Waals surface area contributed by atoms with Gasteiger partial charge in [0.05, 0.1) is 10.6 Å². The van der Waals surface area contributed by atoms with Gasteiger partial charge in [-0.25, -0.2) is 0 Å². The fourth-order valence-electron chi connectivity index (χ4n) is 1.39. The second-order valence-corrected chi connectivity index (χ2v) is 4.24. The van der Waals surface area contributed by atoms with Crippen LogP contribution in [0.25, 0.3) is 0 Å². The summed E-state index contributed by atoms with van der Waals surface area (Å²) in [6.07, 6.45) is -4.46. The maximum Gasteiger partial charge on any atom is 0.417 e. The van der Waals surface area contributed by atoms with Gasteiger partial charge < -0.3 is 10.5 Å². The summed E-state index contributed by atoms with van der Waals surface area (Å²) in [5.74, 6) is 0. The molecule has 0 radical (unpaired) electrons. The van der Waals surface area contributed by atoms with Gasteiger partial charge in [0.15, 0.2) is 0 Å². The Morgan fingerprint density at radius 1 is 1.35 bits per heavy atom. The topological polar surface area (TPSA) is 35.2 Å². The number of hydrogen-bond donors (Lipinski definition) is 1. The minimum atomic E-state index is -4.46. The highest BCUT2D eigenvalue weighted by atomic mass is 35.5. The van der Waals surface area contributed by atoms with Gasteiger partial charge in [0, 0.05) is 13.7 Å². The Morgan fingerprint density at radius 3 is 2.29 bits per heavy atom. The van der Waals surface area contributed by atoms with Crippen LogP contribution in [0.1, 0.15) is 18.1 Å². The van der Waals surface area contributed by atoms with E-state index in [1.165, 1.54) is 19.2 Å². The van der Waals surface area contributed by atoms with E-state index in [0.29, 0.717) is 5.56 Å². The van der Waals surface area contributed by atoms with E-state index < -0.39 is 17.3 Å². The lowest BCUT2D eigenvalue weighted by Gasteiger charge is -2.27. The molecule has 0 aliphatic rings. The molecule has 1 rings (SSSR count). The lowest BCUT2D eigenvalue weighted by atomic mass is 9.95. The number of halogens is 4. The van der Waals surface area contributed by atoms with Crippen molar-refractivity contribution in [2.24, 2.45) is 5.73 Å². The first kappa shape index (κ1) is 14.3. The molecule has 1 unspecified atom stereocenters. The summed E-state index contributed by atoms with van der Waals surface area (Å²) in [6.45, 7) is 1.83. The molecule has 0 aromatic heterocycles. The fourth-order valence-corrected chi connectivity index (χ4v) is 1.68. The van der Waals surface area contributed by atoms with Gasteiger partial charge in [0.1, 0.15) is 5.60 Å². The van der Waals surface area contributed by atoms with E-state index in [1.807, 2.05) is 0 Å². The van der Waals surface area contributed by atoms with E-state index in [2.05, 4.69) is 0 Å². The molecule has 6 heteroatoms. The summed E-state index contributed by atoms with van der Waals surface area (Å²) in [4.78, 5) is 0. The molecule has 2 N–H and O–H groups in total. The summed E-state index contributed by atoms with van der Waals surface area (Å²) in [5.41, 5.74) is 4.35. The van der Waals surface area contributed by atoms with E-state index in [4.69, 9.17) is 22.1 Å². The van der Waals surface area contributed by atoms with Crippen LogP contribution in [-0.4, -0.2) is 13.7 Å². The van der Waals surface area contributed by atoms with Gasteiger partial charge in [-0.1, -0.05) is 17.7 Å². The quantitative estimate of drug-likeness (QED) is 0.913. The second-order valence-electron chi connectivity index (χ2n) is 3.83. The monoisotopic (exact) mass is 267 g/mol. The Bertz CT molecular complexity index is 402. The van der Waals surface area contributed by atoms with Gasteiger partial charge in [-0.05, 0) is 24.6 Å². The van der Waals surface area contributed by atoms with Crippen molar-refractivity contribution in [3.63, 3.8) is 0 Å². The number of methoxy groups -OCH3 is 1. The van der Waals surface area contributed by atoms with Crippen molar-refractivity contribution in [1.82, 2.24) is 0 Å². The smallest absolute Gasteiger partial charge is 0.372 e. The zero-order chi connectivity index (χ0) is 13.3. The molecule has 0 aliphatic carbocycles. The van der Waals surface area contributed by atoms with Crippen molar-refractivity contribution < 1.29 is 17.9 Å². The van der Waals surface area contributed by atoms with Gasteiger partial charge in [-0.2, -0.15) is 13.2 Å². The van der Waals surface area contributed by atoms with Crippen LogP contribution in [0.5, 0.6) is 0 Å². The Labute approximate surface area is 103 Å². The van der Waals surface area contributed by atoms with E-state index in [-0.39, 0.29) is 11.6 Å². The maximum absolute atomic E-state index is 12.5. The fraction of sp³-hybridized carbons (Fsp3) is 0.455. The summed E-state index contributed by atoms with van der Waals surface area (Å²) >= 11 is 5.62. The van der Waals surface area contributed by atoms with Gasteiger partial charge in [0.25, 0.3) is 0 Å². The molecule has 0 aliphatic heterocycles. The molecule has 0 spiro atoms. The van der Waals surface area contributed by atoms with Crippen LogP contribution >= 0.6 is 11.6 Å². The van der Waals surface area contributed by atoms with Gasteiger partial charge in [-0.15, -0.1) is 0 Å². The maximum atomic E-state index is 12.5. The first-order valence-electron chi connectivity index (χ1n) is 4.87. The predicted octanol–water partition coefficient (Wildman–Crippen LogP) is 3.18. The lowest BCUT2D eigenvalue weighted by molar-refractivity contribution is -0.137. The zero-order valence-corrected chi connectivity index (χ0v) is 10.2. The third kappa shape index (κ3) is 2.91. The third-order valence-corrected chi connectivity index (χ3v) is 3.04. The minimum Gasteiger partial charge on any atom is -0.372 e. The second kappa shape index (κ2) is 4.84. The summed E-state index contributed by atoms with van der Waals surface area (Å²) < 4.78 is 42.7. The van der Waals surface area contributed by atoms with Crippen LogP contribution < -0.4 is 5.73 Å². The highest BCUT2D eigenvalue weighted by Crippen LogP contribution is 2.37. The summed E-state index contributed by atoms with van der Waals surface area (Å²) in [7, 11) is 1.44. The number of ether oxygens (including phenoxy) is 1. The lowest BCUT2D eigenvalue weighted by Crippen LogP contribution is -2.33. The normalized spacial score (nSPS) is 15.7. The Kier molecular flexibility index (Phi) is 4.06. The standard InChI is InChI=1S/C11H13ClF3NO/c1-10(6-16,17-2)7-3-4-8(9(12)5-7)11(13,14)15/h3-5H,6,16H2,1-2H3. The number of rotatable bonds is 3. The Morgan fingerprint density at radius 2 is 1.94 bits per heavy atom. The molecule has 0 amide bonds. The predicted molar refractivity (Wildman–Crippen MR) is 59.9 cm³/mol. The number of hydrogen-bond acceptors (Lipinski definition) is 2. The molecule has 96 valence electrons. The van der Waals surface area contributed by atoms with Crippen LogP contribution in [0.3, 0.4) is 0 Å². The molecule has 0 saturated heterocycles. The summed E-state index contributed by atoms with van der Waals surface area (Å²) in [5, 5.41) is -0.355. The molecule has 0 fully saturated rings. The molecule has 0 heterocycles.